The summed E-state index contributed by atoms with van der Waals surface area (Å²) in [7, 11) is 1.61. The van der Waals surface area contributed by atoms with Gasteiger partial charge in [0.2, 0.25) is 5.91 Å². The minimum absolute atomic E-state index is 0.0782. The van der Waals surface area contributed by atoms with Gasteiger partial charge in [0.1, 0.15) is 5.82 Å². The molecule has 27 heavy (non-hydrogen) atoms. The molecule has 2 heterocycles. The highest BCUT2D eigenvalue weighted by Crippen LogP contribution is 2.31. The average Bonchev–Trinajstić information content (AvgIpc) is 2.94. The molecule has 1 fully saturated rings. The number of hydrogen-bond acceptors (Lipinski definition) is 3. The second-order valence-corrected chi connectivity index (χ2v) is 7.55. The number of aromatic nitrogens is 2. The standard InChI is InChI=1S/C20H20ClN5O/c1-12-23-16-10-14(21)7-8-17(16)26(12)15-6-4-5-13(9-15)20(2)11-18(27)25(3)19(22)24-20/h4-10H,11H2,1-3H3,(H2,22,24)/t20-/m0/s1. The van der Waals surface area contributed by atoms with Crippen molar-refractivity contribution in [3.8, 4) is 5.69 Å². The van der Waals surface area contributed by atoms with Crippen LogP contribution in [0.2, 0.25) is 5.02 Å². The Morgan fingerprint density at radius 3 is 2.78 bits per heavy atom. The first kappa shape index (κ1) is 17.5. The summed E-state index contributed by atoms with van der Waals surface area (Å²) in [5.74, 6) is 0.887. The number of amides is 1. The number of aryl methyl sites for hydroxylation is 1. The molecule has 4 rings (SSSR count). The number of benzene rings is 2. The maximum absolute atomic E-state index is 12.3. The van der Waals surface area contributed by atoms with Gasteiger partial charge in [0, 0.05) is 17.8 Å². The van der Waals surface area contributed by atoms with Gasteiger partial charge in [-0.2, -0.15) is 0 Å². The van der Waals surface area contributed by atoms with E-state index in [-0.39, 0.29) is 18.3 Å². The Hall–Kier alpha value is -2.86. The number of rotatable bonds is 2. The van der Waals surface area contributed by atoms with E-state index in [1.807, 2.05) is 56.3 Å². The Kier molecular flexibility index (Phi) is 3.96. The molecule has 7 heteroatoms. The monoisotopic (exact) mass is 381 g/mol. The molecule has 1 amide bonds. The highest BCUT2D eigenvalue weighted by molar-refractivity contribution is 6.31. The Morgan fingerprint density at radius 2 is 2.04 bits per heavy atom. The van der Waals surface area contributed by atoms with E-state index in [4.69, 9.17) is 17.0 Å². The van der Waals surface area contributed by atoms with Crippen LogP contribution in [0.15, 0.2) is 42.5 Å². The van der Waals surface area contributed by atoms with E-state index in [1.54, 1.807) is 7.05 Å². The number of carbonyl (C=O) groups is 1. The molecule has 1 aliphatic heterocycles. The average molecular weight is 382 g/mol. The summed E-state index contributed by atoms with van der Waals surface area (Å²) in [6.07, 6.45) is 0.286. The van der Waals surface area contributed by atoms with Gasteiger partial charge in [-0.05, 0) is 49.7 Å². The number of fused-ring (bicyclic) bond motifs is 1. The van der Waals surface area contributed by atoms with Gasteiger partial charge >= 0.3 is 0 Å². The zero-order chi connectivity index (χ0) is 19.3. The minimum atomic E-state index is -0.635. The first-order valence-corrected chi connectivity index (χ1v) is 9.05. The maximum Gasteiger partial charge on any atom is 0.231 e. The molecule has 0 spiro atoms. The van der Waals surface area contributed by atoms with Crippen molar-refractivity contribution in [2.75, 3.05) is 7.05 Å². The summed E-state index contributed by atoms with van der Waals surface area (Å²) < 4.78 is 2.07. The predicted molar refractivity (Wildman–Crippen MR) is 106 cm³/mol. The molecule has 1 aromatic heterocycles. The van der Waals surface area contributed by atoms with Crippen LogP contribution in [-0.2, 0) is 10.3 Å². The molecule has 2 aromatic carbocycles. The Bertz CT molecular complexity index is 1070. The molecular weight excluding hydrogens is 362 g/mol. The van der Waals surface area contributed by atoms with Gasteiger partial charge in [-0.15, -0.1) is 0 Å². The van der Waals surface area contributed by atoms with Crippen LogP contribution >= 0.6 is 11.6 Å². The molecular formula is C20H20ClN5O. The number of imidazole rings is 1. The lowest BCUT2D eigenvalue weighted by molar-refractivity contribution is -0.129. The van der Waals surface area contributed by atoms with Crippen LogP contribution < -0.4 is 5.32 Å². The van der Waals surface area contributed by atoms with Gasteiger partial charge in [0.05, 0.1) is 23.0 Å². The van der Waals surface area contributed by atoms with Crippen molar-refractivity contribution in [1.29, 1.82) is 5.41 Å². The lowest BCUT2D eigenvalue weighted by atomic mass is 9.86. The quantitative estimate of drug-likeness (QED) is 0.712. The van der Waals surface area contributed by atoms with Crippen molar-refractivity contribution >= 4 is 34.5 Å². The number of guanidine groups is 1. The maximum atomic E-state index is 12.3. The molecule has 138 valence electrons. The number of hydrogen-bond donors (Lipinski definition) is 2. The second-order valence-electron chi connectivity index (χ2n) is 7.11. The SMILES string of the molecule is Cc1nc2cc(Cl)ccc2n1-c1cccc([C@]2(C)CC(=O)N(C)C(=N)N2)c1. The lowest BCUT2D eigenvalue weighted by Crippen LogP contribution is -2.58. The summed E-state index contributed by atoms with van der Waals surface area (Å²) in [4.78, 5) is 18.2. The normalized spacial score (nSPS) is 20.2. The summed E-state index contributed by atoms with van der Waals surface area (Å²) in [6, 6.07) is 13.7. The van der Waals surface area contributed by atoms with Crippen LogP contribution in [-0.4, -0.2) is 33.4 Å². The fourth-order valence-corrected chi connectivity index (χ4v) is 3.76. The van der Waals surface area contributed by atoms with E-state index in [0.717, 1.165) is 28.1 Å². The van der Waals surface area contributed by atoms with Crippen molar-refractivity contribution in [1.82, 2.24) is 19.8 Å². The Labute approximate surface area is 162 Å². The van der Waals surface area contributed by atoms with Gasteiger partial charge in [-0.3, -0.25) is 19.7 Å². The third kappa shape index (κ3) is 2.86. The zero-order valence-corrected chi connectivity index (χ0v) is 16.1. The molecule has 0 radical (unpaired) electrons. The number of nitrogens with one attached hydrogen (secondary N) is 2. The van der Waals surface area contributed by atoms with E-state index in [2.05, 4.69) is 14.9 Å². The van der Waals surface area contributed by atoms with Crippen LogP contribution in [0, 0.1) is 12.3 Å². The molecule has 1 saturated heterocycles. The molecule has 0 saturated carbocycles. The summed E-state index contributed by atoms with van der Waals surface area (Å²) in [5.41, 5.74) is 3.08. The van der Waals surface area contributed by atoms with Gasteiger partial charge in [0.15, 0.2) is 5.96 Å². The molecule has 0 bridgehead atoms. The summed E-state index contributed by atoms with van der Waals surface area (Å²) in [5, 5.41) is 11.9. The number of nitrogens with zero attached hydrogens (tertiary/aromatic N) is 3. The third-order valence-corrected chi connectivity index (χ3v) is 5.37. The molecule has 1 atom stereocenters. The van der Waals surface area contributed by atoms with Crippen molar-refractivity contribution in [2.24, 2.45) is 0 Å². The summed E-state index contributed by atoms with van der Waals surface area (Å²) >= 11 is 6.10. The van der Waals surface area contributed by atoms with Crippen molar-refractivity contribution in [2.45, 2.75) is 25.8 Å². The van der Waals surface area contributed by atoms with Crippen molar-refractivity contribution in [3.63, 3.8) is 0 Å². The van der Waals surface area contributed by atoms with E-state index >= 15 is 0 Å². The predicted octanol–water partition coefficient (Wildman–Crippen LogP) is 3.59. The van der Waals surface area contributed by atoms with Crippen molar-refractivity contribution in [3.05, 3.63) is 58.9 Å². The van der Waals surface area contributed by atoms with Gasteiger partial charge in [-0.1, -0.05) is 23.7 Å². The number of carbonyl (C=O) groups excluding carboxylic acids is 1. The van der Waals surface area contributed by atoms with Crippen LogP contribution in [0.25, 0.3) is 16.7 Å². The van der Waals surface area contributed by atoms with E-state index in [0.29, 0.717) is 5.02 Å². The Balaban J connectivity index is 1.81. The second kappa shape index (κ2) is 6.09. The van der Waals surface area contributed by atoms with Gasteiger partial charge in [-0.25, -0.2) is 4.98 Å². The van der Waals surface area contributed by atoms with E-state index < -0.39 is 5.54 Å². The van der Waals surface area contributed by atoms with Crippen LogP contribution in [0.1, 0.15) is 24.7 Å². The first-order valence-electron chi connectivity index (χ1n) is 8.67. The van der Waals surface area contributed by atoms with Gasteiger partial charge < -0.3 is 5.32 Å². The van der Waals surface area contributed by atoms with Crippen LogP contribution in [0.4, 0.5) is 0 Å². The lowest BCUT2D eigenvalue weighted by Gasteiger charge is -2.39. The van der Waals surface area contributed by atoms with Crippen LogP contribution in [0.5, 0.6) is 0 Å². The number of halogens is 1. The van der Waals surface area contributed by atoms with E-state index in [9.17, 15) is 4.79 Å². The highest BCUT2D eigenvalue weighted by Gasteiger charge is 2.38. The topological polar surface area (TPSA) is 74.0 Å². The fraction of sp³-hybridized carbons (Fsp3) is 0.250. The molecule has 0 unspecified atom stereocenters. The smallest absolute Gasteiger partial charge is 0.231 e. The fourth-order valence-electron chi connectivity index (χ4n) is 3.60. The third-order valence-electron chi connectivity index (χ3n) is 5.13. The first-order chi connectivity index (χ1) is 12.8. The molecule has 6 nitrogen and oxygen atoms in total. The Morgan fingerprint density at radius 1 is 1.26 bits per heavy atom. The zero-order valence-electron chi connectivity index (χ0n) is 15.4. The summed E-state index contributed by atoms with van der Waals surface area (Å²) in [6.45, 7) is 3.90. The molecule has 3 aromatic rings. The minimum Gasteiger partial charge on any atom is -0.346 e. The molecule has 1 aliphatic rings. The van der Waals surface area contributed by atoms with E-state index in [1.165, 1.54) is 4.90 Å². The molecule has 0 aliphatic carbocycles. The van der Waals surface area contributed by atoms with Gasteiger partial charge in [0.25, 0.3) is 0 Å². The molecule has 2 N–H and O–H groups in total. The van der Waals surface area contributed by atoms with Crippen LogP contribution in [0.3, 0.4) is 0 Å². The largest absolute Gasteiger partial charge is 0.346 e. The van der Waals surface area contributed by atoms with Crippen molar-refractivity contribution < 1.29 is 4.79 Å². The highest BCUT2D eigenvalue weighted by atomic mass is 35.5.